The van der Waals surface area contributed by atoms with E-state index < -0.39 is 10.0 Å². The van der Waals surface area contributed by atoms with E-state index in [0.29, 0.717) is 13.1 Å². The van der Waals surface area contributed by atoms with Crippen molar-refractivity contribution < 1.29 is 13.2 Å². The molecule has 1 aromatic carbocycles. The third kappa shape index (κ3) is 3.77. The monoisotopic (exact) mass is 388 g/mol. The van der Waals surface area contributed by atoms with Gasteiger partial charge in [-0.1, -0.05) is 12.1 Å². The largest absolute Gasteiger partial charge is 0.327 e. The van der Waals surface area contributed by atoms with Crippen molar-refractivity contribution in [3.8, 4) is 0 Å². The third-order valence-corrected chi connectivity index (χ3v) is 7.06. The molecule has 144 valence electrons. The number of hydrogen-bond donors (Lipinski definition) is 1. The summed E-state index contributed by atoms with van der Waals surface area (Å²) in [7, 11) is -3.55. The summed E-state index contributed by atoms with van der Waals surface area (Å²) < 4.78 is 28.0. The molecule has 0 saturated carbocycles. The van der Waals surface area contributed by atoms with E-state index in [1.54, 1.807) is 0 Å². The number of benzene rings is 1. The summed E-state index contributed by atoms with van der Waals surface area (Å²) in [5.74, 6) is -0.184. The van der Waals surface area contributed by atoms with Crippen LogP contribution in [0, 0.1) is 0 Å². The highest BCUT2D eigenvalue weighted by Gasteiger charge is 2.29. The minimum Gasteiger partial charge on any atom is -0.327 e. The van der Waals surface area contributed by atoms with E-state index in [4.69, 9.17) is 0 Å². The van der Waals surface area contributed by atoms with Crippen LogP contribution in [-0.4, -0.2) is 41.3 Å². The van der Waals surface area contributed by atoms with Crippen LogP contribution < -0.4 is 5.32 Å². The van der Waals surface area contributed by atoms with Crippen LogP contribution in [0.2, 0.25) is 0 Å². The summed E-state index contributed by atoms with van der Waals surface area (Å²) in [6.07, 6.45) is 8.96. The normalized spacial score (nSPS) is 17.6. The van der Waals surface area contributed by atoms with Crippen molar-refractivity contribution in [2.45, 2.75) is 50.1 Å². The number of anilines is 1. The van der Waals surface area contributed by atoms with Crippen LogP contribution in [-0.2, 0) is 34.2 Å². The Bertz CT molecular complexity index is 946. The molecule has 2 heterocycles. The number of nitrogens with zero attached hydrogens (tertiary/aromatic N) is 3. The molecule has 1 N–H and O–H groups in total. The predicted molar refractivity (Wildman–Crippen MR) is 102 cm³/mol. The van der Waals surface area contributed by atoms with E-state index in [1.807, 2.05) is 12.1 Å². The van der Waals surface area contributed by atoms with Gasteiger partial charge >= 0.3 is 0 Å². The summed E-state index contributed by atoms with van der Waals surface area (Å²) in [6, 6.07) is 6.02. The number of rotatable bonds is 5. The van der Waals surface area contributed by atoms with E-state index in [0.717, 1.165) is 37.8 Å². The average molecular weight is 388 g/mol. The van der Waals surface area contributed by atoms with Crippen LogP contribution in [0.1, 0.15) is 36.8 Å². The lowest BCUT2D eigenvalue weighted by Gasteiger charge is -2.19. The summed E-state index contributed by atoms with van der Waals surface area (Å²) in [4.78, 5) is 16.5. The van der Waals surface area contributed by atoms with Crippen LogP contribution in [0.15, 0.2) is 35.7 Å². The van der Waals surface area contributed by atoms with Gasteiger partial charge in [0.25, 0.3) is 10.0 Å². The van der Waals surface area contributed by atoms with Gasteiger partial charge in [0.05, 0.1) is 6.33 Å². The van der Waals surface area contributed by atoms with Gasteiger partial charge in [-0.25, -0.2) is 13.4 Å². The first kappa shape index (κ1) is 18.2. The standard InChI is InChI=1S/C19H24N4O3S/c24-18(21-17-9-5-7-15-6-1-2-8-16(15)17)12-22-13-19(20-14-22)27(25,26)23-10-3-4-11-23/h5,7,9,13-14H,1-4,6,8,10-12H2,(H,21,24). The lowest BCUT2D eigenvalue weighted by molar-refractivity contribution is -0.116. The molecule has 1 aliphatic carbocycles. The van der Waals surface area contributed by atoms with E-state index >= 15 is 0 Å². The van der Waals surface area contributed by atoms with Gasteiger partial charge < -0.3 is 9.88 Å². The summed E-state index contributed by atoms with van der Waals surface area (Å²) >= 11 is 0. The van der Waals surface area contributed by atoms with Gasteiger partial charge in [0, 0.05) is 25.0 Å². The molecule has 1 fully saturated rings. The van der Waals surface area contributed by atoms with Gasteiger partial charge in [-0.3, -0.25) is 4.79 Å². The van der Waals surface area contributed by atoms with Crippen LogP contribution in [0.3, 0.4) is 0 Å². The quantitative estimate of drug-likeness (QED) is 0.851. The Hall–Kier alpha value is -2.19. The zero-order valence-corrected chi connectivity index (χ0v) is 16.0. The van der Waals surface area contributed by atoms with Gasteiger partial charge in [0.2, 0.25) is 5.91 Å². The molecular weight excluding hydrogens is 364 g/mol. The number of amides is 1. The number of nitrogens with one attached hydrogen (secondary N) is 1. The highest BCUT2D eigenvalue weighted by molar-refractivity contribution is 7.89. The first-order valence-electron chi connectivity index (χ1n) is 9.46. The highest BCUT2D eigenvalue weighted by Crippen LogP contribution is 2.28. The van der Waals surface area contributed by atoms with Crippen LogP contribution >= 0.6 is 0 Å². The average Bonchev–Trinajstić information content (AvgIpc) is 3.34. The van der Waals surface area contributed by atoms with Crippen LogP contribution in [0.4, 0.5) is 5.69 Å². The van der Waals surface area contributed by atoms with Gasteiger partial charge in [-0.05, 0) is 55.7 Å². The maximum absolute atomic E-state index is 12.5. The van der Waals surface area contributed by atoms with Crippen molar-refractivity contribution in [2.75, 3.05) is 18.4 Å². The molecule has 1 aromatic heterocycles. The van der Waals surface area contributed by atoms with Crippen molar-refractivity contribution in [1.82, 2.24) is 13.9 Å². The molecule has 0 radical (unpaired) electrons. The molecule has 0 atom stereocenters. The number of aromatic nitrogens is 2. The molecule has 2 aliphatic rings. The molecule has 1 saturated heterocycles. The molecule has 0 spiro atoms. The summed E-state index contributed by atoms with van der Waals surface area (Å²) in [5, 5.41) is 2.98. The van der Waals surface area contributed by atoms with Crippen molar-refractivity contribution in [3.05, 3.63) is 41.9 Å². The smallest absolute Gasteiger partial charge is 0.262 e. The molecule has 27 heavy (non-hydrogen) atoms. The fourth-order valence-corrected chi connectivity index (χ4v) is 5.33. The molecular formula is C19H24N4O3S. The highest BCUT2D eigenvalue weighted by atomic mass is 32.2. The maximum atomic E-state index is 12.5. The second kappa shape index (κ2) is 7.44. The number of fused-ring (bicyclic) bond motifs is 1. The number of aryl methyl sites for hydroxylation is 1. The van der Waals surface area contributed by atoms with Gasteiger partial charge in [0.1, 0.15) is 6.54 Å². The molecule has 4 rings (SSSR count). The second-order valence-electron chi connectivity index (χ2n) is 7.19. The first-order chi connectivity index (χ1) is 13.0. The minimum atomic E-state index is -3.55. The Morgan fingerprint density at radius 2 is 1.89 bits per heavy atom. The number of imidazole rings is 1. The van der Waals surface area contributed by atoms with E-state index in [2.05, 4.69) is 16.4 Å². The van der Waals surface area contributed by atoms with E-state index in [-0.39, 0.29) is 17.5 Å². The molecule has 2 aromatic rings. The number of carbonyl (C=O) groups excluding carboxylic acids is 1. The number of hydrogen-bond acceptors (Lipinski definition) is 4. The maximum Gasteiger partial charge on any atom is 0.262 e. The SMILES string of the molecule is O=C(Cn1cnc(S(=O)(=O)N2CCCC2)c1)Nc1cccc2c1CCCC2. The fraction of sp³-hybridized carbons (Fsp3) is 0.474. The molecule has 0 bridgehead atoms. The van der Waals surface area contributed by atoms with Gasteiger partial charge in [-0.15, -0.1) is 0 Å². The zero-order valence-electron chi connectivity index (χ0n) is 15.2. The van der Waals surface area contributed by atoms with Crippen molar-refractivity contribution in [2.24, 2.45) is 0 Å². The minimum absolute atomic E-state index is 0.00860. The zero-order chi connectivity index (χ0) is 18.9. The topological polar surface area (TPSA) is 84.3 Å². The molecule has 1 aliphatic heterocycles. The summed E-state index contributed by atoms with van der Waals surface area (Å²) in [6.45, 7) is 1.11. The molecule has 0 unspecified atom stereocenters. The van der Waals surface area contributed by atoms with Crippen molar-refractivity contribution >= 4 is 21.6 Å². The molecule has 8 heteroatoms. The molecule has 7 nitrogen and oxygen atoms in total. The van der Waals surface area contributed by atoms with Gasteiger partial charge in [0.15, 0.2) is 5.03 Å². The first-order valence-corrected chi connectivity index (χ1v) is 10.9. The number of carbonyl (C=O) groups is 1. The number of sulfonamides is 1. The van der Waals surface area contributed by atoms with Crippen molar-refractivity contribution in [3.63, 3.8) is 0 Å². The lowest BCUT2D eigenvalue weighted by Crippen LogP contribution is -2.28. The predicted octanol–water partition coefficient (Wildman–Crippen LogP) is 2.19. The van der Waals surface area contributed by atoms with Crippen molar-refractivity contribution in [1.29, 1.82) is 0 Å². The molecule has 1 amide bonds. The second-order valence-corrected chi connectivity index (χ2v) is 9.08. The van der Waals surface area contributed by atoms with E-state index in [9.17, 15) is 13.2 Å². The Balaban J connectivity index is 1.44. The van der Waals surface area contributed by atoms with Crippen LogP contribution in [0.5, 0.6) is 0 Å². The third-order valence-electron chi connectivity index (χ3n) is 5.27. The summed E-state index contributed by atoms with van der Waals surface area (Å²) in [5.41, 5.74) is 3.39. The lowest BCUT2D eigenvalue weighted by atomic mass is 9.90. The fourth-order valence-electron chi connectivity index (χ4n) is 3.87. The van der Waals surface area contributed by atoms with E-state index in [1.165, 1.54) is 38.9 Å². The van der Waals surface area contributed by atoms with Crippen LogP contribution in [0.25, 0.3) is 0 Å². The Kier molecular flexibility index (Phi) is 5.01. The Labute approximate surface area is 159 Å². The Morgan fingerprint density at radius 3 is 2.70 bits per heavy atom. The van der Waals surface area contributed by atoms with Gasteiger partial charge in [-0.2, -0.15) is 4.31 Å². The Morgan fingerprint density at radius 1 is 1.11 bits per heavy atom.